The first-order valence-electron chi connectivity index (χ1n) is 4.74. The minimum absolute atomic E-state index is 0.0256. The Hall–Kier alpha value is -1.90. The van der Waals surface area contributed by atoms with Crippen molar-refractivity contribution in [3.05, 3.63) is 41.7 Å². The number of aryl methyl sites for hydroxylation is 1. The van der Waals surface area contributed by atoms with Gasteiger partial charge in [0.1, 0.15) is 0 Å². The highest BCUT2D eigenvalue weighted by Gasteiger charge is 2.07. The van der Waals surface area contributed by atoms with Crippen LogP contribution in [0.1, 0.15) is 11.4 Å². The molecule has 0 aliphatic rings. The fraction of sp³-hybridized carbons (Fsp3) is 0.167. The van der Waals surface area contributed by atoms with Crippen molar-refractivity contribution in [3.63, 3.8) is 0 Å². The Labute approximate surface area is 87.4 Å². The van der Waals surface area contributed by atoms with Gasteiger partial charge in [0, 0.05) is 11.1 Å². The zero-order valence-corrected chi connectivity index (χ0v) is 8.40. The molecule has 1 aromatic heterocycles. The summed E-state index contributed by atoms with van der Waals surface area (Å²) >= 11 is 0. The van der Waals surface area contributed by atoms with Crippen LogP contribution in [0.15, 0.2) is 30.3 Å². The number of carboxylic acid groups (broad SMARTS) is 1. The molecule has 2 aromatic rings. The highest BCUT2D eigenvalue weighted by molar-refractivity contribution is 5.87. The van der Waals surface area contributed by atoms with Crippen molar-refractivity contribution in [1.82, 2.24) is 4.98 Å². The number of hydrogen-bond acceptors (Lipinski definition) is 2. The number of pyridine rings is 1. The van der Waals surface area contributed by atoms with Crippen LogP contribution in [-0.2, 0) is 11.2 Å². The molecule has 0 atom stereocenters. The van der Waals surface area contributed by atoms with Gasteiger partial charge in [0.25, 0.3) is 0 Å². The number of aromatic nitrogens is 1. The highest BCUT2D eigenvalue weighted by atomic mass is 16.4. The molecular weight excluding hydrogens is 190 g/mol. The minimum atomic E-state index is -0.849. The zero-order valence-electron chi connectivity index (χ0n) is 8.40. The number of rotatable bonds is 2. The Bertz CT molecular complexity index is 520. The Morgan fingerprint density at radius 1 is 1.40 bits per heavy atom. The van der Waals surface area contributed by atoms with Gasteiger partial charge in [-0.05, 0) is 18.4 Å². The second-order valence-corrected chi connectivity index (χ2v) is 3.50. The van der Waals surface area contributed by atoms with E-state index in [1.165, 1.54) is 0 Å². The van der Waals surface area contributed by atoms with Gasteiger partial charge in [0.05, 0.1) is 12.1 Å². The molecule has 1 N–H and O–H groups in total. The molecule has 0 radical (unpaired) electrons. The molecule has 0 unspecified atom stereocenters. The van der Waals surface area contributed by atoms with Gasteiger partial charge in [-0.25, -0.2) is 0 Å². The predicted molar refractivity (Wildman–Crippen MR) is 57.8 cm³/mol. The lowest BCUT2D eigenvalue weighted by atomic mass is 10.1. The van der Waals surface area contributed by atoms with E-state index in [1.807, 2.05) is 37.3 Å². The fourth-order valence-corrected chi connectivity index (χ4v) is 1.69. The number of nitrogens with zero attached hydrogens (tertiary/aromatic N) is 1. The van der Waals surface area contributed by atoms with Crippen LogP contribution in [-0.4, -0.2) is 16.1 Å². The lowest BCUT2D eigenvalue weighted by Crippen LogP contribution is -2.03. The maximum absolute atomic E-state index is 10.7. The molecule has 0 aliphatic heterocycles. The molecule has 0 spiro atoms. The standard InChI is InChI=1S/C12H11NO2/c1-8-6-9-4-2-3-5-10(9)11(13-8)7-12(14)15/h2-6H,7H2,1H3,(H,14,15). The monoisotopic (exact) mass is 201 g/mol. The molecule has 0 saturated carbocycles. The van der Waals surface area contributed by atoms with E-state index in [-0.39, 0.29) is 6.42 Å². The first-order valence-corrected chi connectivity index (χ1v) is 4.74. The molecular formula is C12H11NO2. The van der Waals surface area contributed by atoms with E-state index in [4.69, 9.17) is 5.11 Å². The van der Waals surface area contributed by atoms with Crippen LogP contribution in [0.4, 0.5) is 0 Å². The molecule has 1 heterocycles. The van der Waals surface area contributed by atoms with E-state index >= 15 is 0 Å². The summed E-state index contributed by atoms with van der Waals surface area (Å²) in [6, 6.07) is 9.66. The first kappa shape index (κ1) is 9.65. The van der Waals surface area contributed by atoms with Crippen molar-refractivity contribution >= 4 is 16.7 Å². The molecule has 3 nitrogen and oxygen atoms in total. The zero-order chi connectivity index (χ0) is 10.8. The molecule has 0 saturated heterocycles. The smallest absolute Gasteiger partial charge is 0.309 e. The van der Waals surface area contributed by atoms with Crippen molar-refractivity contribution in [2.24, 2.45) is 0 Å². The van der Waals surface area contributed by atoms with Crippen LogP contribution in [0.3, 0.4) is 0 Å². The van der Waals surface area contributed by atoms with Crippen LogP contribution in [0, 0.1) is 6.92 Å². The molecule has 2 rings (SSSR count). The van der Waals surface area contributed by atoms with Crippen molar-refractivity contribution < 1.29 is 9.90 Å². The normalized spacial score (nSPS) is 10.5. The van der Waals surface area contributed by atoms with Gasteiger partial charge in [-0.3, -0.25) is 9.78 Å². The second kappa shape index (κ2) is 3.69. The third kappa shape index (κ3) is 1.96. The first-order chi connectivity index (χ1) is 7.16. The third-order valence-corrected chi connectivity index (χ3v) is 2.27. The van der Waals surface area contributed by atoms with Crippen LogP contribution in [0.2, 0.25) is 0 Å². The summed E-state index contributed by atoms with van der Waals surface area (Å²) in [5.74, 6) is -0.849. The number of carbonyl (C=O) groups is 1. The number of aliphatic carboxylic acids is 1. The summed E-state index contributed by atoms with van der Waals surface area (Å²) in [6.07, 6.45) is -0.0256. The topological polar surface area (TPSA) is 50.2 Å². The summed E-state index contributed by atoms with van der Waals surface area (Å²) in [5.41, 5.74) is 1.49. The van der Waals surface area contributed by atoms with Crippen LogP contribution in [0.5, 0.6) is 0 Å². The third-order valence-electron chi connectivity index (χ3n) is 2.27. The van der Waals surface area contributed by atoms with Crippen molar-refractivity contribution in [2.75, 3.05) is 0 Å². The summed E-state index contributed by atoms with van der Waals surface area (Å²) in [5, 5.41) is 10.7. The molecule has 0 fully saturated rings. The highest BCUT2D eigenvalue weighted by Crippen LogP contribution is 2.18. The van der Waals surface area contributed by atoms with E-state index in [1.54, 1.807) is 0 Å². The van der Waals surface area contributed by atoms with Crippen LogP contribution in [0.25, 0.3) is 10.8 Å². The van der Waals surface area contributed by atoms with E-state index in [0.717, 1.165) is 16.5 Å². The lowest BCUT2D eigenvalue weighted by Gasteiger charge is -2.04. The maximum Gasteiger partial charge on any atom is 0.309 e. The van der Waals surface area contributed by atoms with Gasteiger partial charge in [0.2, 0.25) is 0 Å². The second-order valence-electron chi connectivity index (χ2n) is 3.50. The number of carboxylic acids is 1. The average Bonchev–Trinajstić information content (AvgIpc) is 2.16. The van der Waals surface area contributed by atoms with Gasteiger partial charge >= 0.3 is 5.97 Å². The van der Waals surface area contributed by atoms with Crippen molar-refractivity contribution in [1.29, 1.82) is 0 Å². The summed E-state index contributed by atoms with van der Waals surface area (Å²) in [4.78, 5) is 14.9. The SMILES string of the molecule is Cc1cc2ccccc2c(CC(=O)O)n1. The lowest BCUT2D eigenvalue weighted by molar-refractivity contribution is -0.136. The van der Waals surface area contributed by atoms with Gasteiger partial charge in [0.15, 0.2) is 0 Å². The van der Waals surface area contributed by atoms with E-state index in [2.05, 4.69) is 4.98 Å². The van der Waals surface area contributed by atoms with Crippen molar-refractivity contribution in [2.45, 2.75) is 13.3 Å². The minimum Gasteiger partial charge on any atom is -0.481 e. The molecule has 1 aromatic carbocycles. The Kier molecular flexibility index (Phi) is 2.37. The molecule has 15 heavy (non-hydrogen) atoms. The van der Waals surface area contributed by atoms with Crippen LogP contribution >= 0.6 is 0 Å². The van der Waals surface area contributed by atoms with Gasteiger partial charge < -0.3 is 5.11 Å². The quantitative estimate of drug-likeness (QED) is 0.810. The number of hydrogen-bond donors (Lipinski definition) is 1. The molecule has 0 bridgehead atoms. The Morgan fingerprint density at radius 3 is 2.87 bits per heavy atom. The fourth-order valence-electron chi connectivity index (χ4n) is 1.69. The van der Waals surface area contributed by atoms with Gasteiger partial charge in [-0.15, -0.1) is 0 Å². The molecule has 0 amide bonds. The van der Waals surface area contributed by atoms with E-state index in [9.17, 15) is 4.79 Å². The Morgan fingerprint density at radius 2 is 2.13 bits per heavy atom. The van der Waals surface area contributed by atoms with Gasteiger partial charge in [-0.1, -0.05) is 24.3 Å². The van der Waals surface area contributed by atoms with Gasteiger partial charge in [-0.2, -0.15) is 0 Å². The Balaban J connectivity index is 2.65. The molecule has 0 aliphatic carbocycles. The van der Waals surface area contributed by atoms with E-state index in [0.29, 0.717) is 5.69 Å². The average molecular weight is 201 g/mol. The molecule has 76 valence electrons. The summed E-state index contributed by atoms with van der Waals surface area (Å²) in [6.45, 7) is 1.87. The summed E-state index contributed by atoms with van der Waals surface area (Å²) < 4.78 is 0. The summed E-state index contributed by atoms with van der Waals surface area (Å²) in [7, 11) is 0. The largest absolute Gasteiger partial charge is 0.481 e. The van der Waals surface area contributed by atoms with E-state index < -0.39 is 5.97 Å². The number of fused-ring (bicyclic) bond motifs is 1. The maximum atomic E-state index is 10.7. The van der Waals surface area contributed by atoms with Crippen molar-refractivity contribution in [3.8, 4) is 0 Å². The number of benzene rings is 1. The van der Waals surface area contributed by atoms with Crippen LogP contribution < -0.4 is 0 Å². The molecule has 3 heteroatoms. The predicted octanol–water partition coefficient (Wildman–Crippen LogP) is 2.17.